The average molecular weight is 396 g/mol. The fourth-order valence-electron chi connectivity index (χ4n) is 2.68. The van der Waals surface area contributed by atoms with Gasteiger partial charge in [0.05, 0.1) is 20.3 Å². The Morgan fingerprint density at radius 2 is 1.64 bits per heavy atom. The number of rotatable bonds is 5. The van der Waals surface area contributed by atoms with Crippen LogP contribution in [-0.2, 0) is 9.84 Å². The molecule has 1 N–H and O–H groups in total. The van der Waals surface area contributed by atoms with Crippen molar-refractivity contribution in [3.63, 3.8) is 0 Å². The van der Waals surface area contributed by atoms with E-state index in [-0.39, 0.29) is 21.0 Å². The highest BCUT2D eigenvalue weighted by atomic mass is 32.2. The summed E-state index contributed by atoms with van der Waals surface area (Å²) in [6.07, 6.45) is 0. The lowest BCUT2D eigenvalue weighted by atomic mass is 10.2. The molecule has 7 nitrogen and oxygen atoms in total. The molecule has 142 valence electrons. The molecule has 0 bridgehead atoms. The SMILES string of the molecule is Cc1cccc(NC(=O)c2ccccc2S(=O)(=O)c2ccc([N+](=O)[O-])cc2)c1. The monoisotopic (exact) mass is 396 g/mol. The van der Waals surface area contributed by atoms with Crippen LogP contribution >= 0.6 is 0 Å². The van der Waals surface area contributed by atoms with Crippen molar-refractivity contribution in [2.45, 2.75) is 16.7 Å². The summed E-state index contributed by atoms with van der Waals surface area (Å²) in [5.74, 6) is -0.563. The van der Waals surface area contributed by atoms with E-state index >= 15 is 0 Å². The first-order chi connectivity index (χ1) is 13.3. The smallest absolute Gasteiger partial charge is 0.269 e. The number of carbonyl (C=O) groups is 1. The van der Waals surface area contributed by atoms with E-state index in [2.05, 4.69) is 5.32 Å². The molecule has 0 aromatic heterocycles. The second-order valence-electron chi connectivity index (χ2n) is 6.07. The van der Waals surface area contributed by atoms with Crippen molar-refractivity contribution in [1.82, 2.24) is 0 Å². The average Bonchev–Trinajstić information content (AvgIpc) is 2.68. The Morgan fingerprint density at radius 1 is 0.964 bits per heavy atom. The number of nitro benzene ring substituents is 1. The van der Waals surface area contributed by atoms with E-state index in [4.69, 9.17) is 0 Å². The minimum atomic E-state index is -4.04. The van der Waals surface area contributed by atoms with Crippen molar-refractivity contribution in [2.75, 3.05) is 5.32 Å². The van der Waals surface area contributed by atoms with Gasteiger partial charge >= 0.3 is 0 Å². The minimum Gasteiger partial charge on any atom is -0.322 e. The fraction of sp³-hybridized carbons (Fsp3) is 0.0500. The first kappa shape index (κ1) is 19.2. The lowest BCUT2D eigenvalue weighted by Crippen LogP contribution is -2.16. The van der Waals surface area contributed by atoms with Crippen LogP contribution in [0.5, 0.6) is 0 Å². The van der Waals surface area contributed by atoms with E-state index in [0.717, 1.165) is 29.8 Å². The third-order valence-electron chi connectivity index (χ3n) is 4.05. The van der Waals surface area contributed by atoms with Crippen LogP contribution in [0.25, 0.3) is 0 Å². The van der Waals surface area contributed by atoms with Crippen LogP contribution in [0.4, 0.5) is 11.4 Å². The number of benzene rings is 3. The zero-order valence-corrected chi connectivity index (χ0v) is 15.6. The van der Waals surface area contributed by atoms with Crippen molar-refractivity contribution in [3.8, 4) is 0 Å². The zero-order chi connectivity index (χ0) is 20.3. The van der Waals surface area contributed by atoms with Gasteiger partial charge < -0.3 is 5.32 Å². The van der Waals surface area contributed by atoms with E-state index in [1.54, 1.807) is 24.3 Å². The molecule has 0 radical (unpaired) electrons. The number of nitro groups is 1. The highest BCUT2D eigenvalue weighted by Crippen LogP contribution is 2.26. The Labute approximate surface area is 161 Å². The maximum Gasteiger partial charge on any atom is 0.269 e. The van der Waals surface area contributed by atoms with Gasteiger partial charge in [-0.25, -0.2) is 8.42 Å². The lowest BCUT2D eigenvalue weighted by molar-refractivity contribution is -0.384. The number of nitrogens with one attached hydrogen (secondary N) is 1. The summed E-state index contributed by atoms with van der Waals surface area (Å²) >= 11 is 0. The molecular weight excluding hydrogens is 380 g/mol. The third kappa shape index (κ3) is 3.91. The van der Waals surface area contributed by atoms with Crippen LogP contribution in [0, 0.1) is 17.0 Å². The highest BCUT2D eigenvalue weighted by molar-refractivity contribution is 7.91. The molecule has 0 aliphatic rings. The van der Waals surface area contributed by atoms with Gasteiger partial charge in [0.2, 0.25) is 9.84 Å². The summed E-state index contributed by atoms with van der Waals surface area (Å²) in [5, 5.41) is 13.5. The lowest BCUT2D eigenvalue weighted by Gasteiger charge is -2.11. The summed E-state index contributed by atoms with van der Waals surface area (Å²) in [6, 6.07) is 17.5. The van der Waals surface area contributed by atoms with Crippen LogP contribution in [0.1, 0.15) is 15.9 Å². The first-order valence-corrected chi connectivity index (χ1v) is 9.74. The highest BCUT2D eigenvalue weighted by Gasteiger charge is 2.25. The van der Waals surface area contributed by atoms with Crippen LogP contribution in [-0.4, -0.2) is 19.2 Å². The van der Waals surface area contributed by atoms with E-state index in [9.17, 15) is 23.3 Å². The summed E-state index contributed by atoms with van der Waals surface area (Å²) in [6.45, 7) is 1.88. The van der Waals surface area contributed by atoms with Gasteiger partial charge in [0, 0.05) is 17.8 Å². The molecule has 3 rings (SSSR count). The van der Waals surface area contributed by atoms with Crippen molar-refractivity contribution >= 4 is 27.1 Å². The zero-order valence-electron chi connectivity index (χ0n) is 14.8. The van der Waals surface area contributed by atoms with Crippen molar-refractivity contribution in [1.29, 1.82) is 0 Å². The van der Waals surface area contributed by atoms with Crippen LogP contribution < -0.4 is 5.32 Å². The Kier molecular flexibility index (Phi) is 5.23. The molecule has 0 spiro atoms. The van der Waals surface area contributed by atoms with Crippen molar-refractivity contribution in [3.05, 3.63) is 94.0 Å². The molecule has 0 unspecified atom stereocenters. The van der Waals surface area contributed by atoms with E-state index in [0.29, 0.717) is 5.69 Å². The molecule has 1 amide bonds. The van der Waals surface area contributed by atoms with E-state index < -0.39 is 20.7 Å². The predicted octanol–water partition coefficient (Wildman–Crippen LogP) is 3.99. The van der Waals surface area contributed by atoms with Gasteiger partial charge in [0.25, 0.3) is 11.6 Å². The summed E-state index contributed by atoms with van der Waals surface area (Å²) in [7, 11) is -4.04. The number of amides is 1. The molecule has 28 heavy (non-hydrogen) atoms. The Morgan fingerprint density at radius 3 is 2.29 bits per heavy atom. The molecule has 0 heterocycles. The number of aryl methyl sites for hydroxylation is 1. The first-order valence-electron chi connectivity index (χ1n) is 8.25. The summed E-state index contributed by atoms with van der Waals surface area (Å²) in [5.41, 5.74) is 1.27. The Bertz CT molecular complexity index is 1160. The Balaban J connectivity index is 1.98. The number of carbonyl (C=O) groups excluding carboxylic acids is 1. The van der Waals surface area contributed by atoms with Gasteiger partial charge in [-0.2, -0.15) is 0 Å². The maximum atomic E-state index is 13.0. The molecule has 0 aliphatic heterocycles. The van der Waals surface area contributed by atoms with Gasteiger partial charge in [-0.3, -0.25) is 14.9 Å². The number of sulfone groups is 1. The molecule has 0 saturated carbocycles. The van der Waals surface area contributed by atoms with Gasteiger partial charge in [0.15, 0.2) is 0 Å². The topological polar surface area (TPSA) is 106 Å². The molecule has 0 aliphatic carbocycles. The largest absolute Gasteiger partial charge is 0.322 e. The molecule has 3 aromatic carbocycles. The maximum absolute atomic E-state index is 13.0. The summed E-state index contributed by atoms with van der Waals surface area (Å²) in [4.78, 5) is 22.6. The van der Waals surface area contributed by atoms with E-state index in [1.807, 2.05) is 13.0 Å². The third-order valence-corrected chi connectivity index (χ3v) is 5.88. The molecule has 0 atom stereocenters. The van der Waals surface area contributed by atoms with Gasteiger partial charge in [-0.15, -0.1) is 0 Å². The predicted molar refractivity (Wildman–Crippen MR) is 104 cm³/mol. The molecule has 0 fully saturated rings. The van der Waals surface area contributed by atoms with Gasteiger partial charge in [-0.1, -0.05) is 24.3 Å². The fourth-order valence-corrected chi connectivity index (χ4v) is 4.14. The molecular formula is C20H16N2O5S. The number of anilines is 1. The second-order valence-corrected chi connectivity index (χ2v) is 7.99. The number of nitrogens with zero attached hydrogens (tertiary/aromatic N) is 1. The molecule has 0 saturated heterocycles. The normalized spacial score (nSPS) is 11.0. The number of hydrogen-bond acceptors (Lipinski definition) is 5. The standard InChI is InChI=1S/C20H16N2O5S/c1-14-5-4-6-15(13-14)21-20(23)18-7-2-3-8-19(18)28(26,27)17-11-9-16(10-12-17)22(24)25/h2-13H,1H3,(H,21,23). The number of non-ortho nitro benzene ring substituents is 1. The van der Waals surface area contributed by atoms with Crippen molar-refractivity contribution < 1.29 is 18.1 Å². The van der Waals surface area contributed by atoms with E-state index in [1.165, 1.54) is 18.2 Å². The van der Waals surface area contributed by atoms with Crippen LogP contribution in [0.15, 0.2) is 82.6 Å². The van der Waals surface area contributed by atoms with Gasteiger partial charge in [-0.05, 0) is 48.9 Å². The number of hydrogen-bond donors (Lipinski definition) is 1. The quantitative estimate of drug-likeness (QED) is 0.518. The van der Waals surface area contributed by atoms with Gasteiger partial charge in [0.1, 0.15) is 0 Å². The van der Waals surface area contributed by atoms with Crippen molar-refractivity contribution in [2.24, 2.45) is 0 Å². The molecule has 8 heteroatoms. The minimum absolute atomic E-state index is 0.0117. The Hall–Kier alpha value is -3.52. The van der Waals surface area contributed by atoms with Crippen LogP contribution in [0.2, 0.25) is 0 Å². The second kappa shape index (κ2) is 7.61. The molecule has 3 aromatic rings. The van der Waals surface area contributed by atoms with Crippen LogP contribution in [0.3, 0.4) is 0 Å². The summed E-state index contributed by atoms with van der Waals surface area (Å²) < 4.78 is 26.0.